The molecule has 0 aliphatic heterocycles. The van der Waals surface area contributed by atoms with Gasteiger partial charge in [-0.25, -0.2) is 4.68 Å². The van der Waals surface area contributed by atoms with E-state index in [1.165, 1.54) is 0 Å². The molecule has 0 spiro atoms. The van der Waals surface area contributed by atoms with Crippen molar-refractivity contribution in [3.05, 3.63) is 60.2 Å². The molecule has 19 heavy (non-hydrogen) atoms. The molecule has 2 aromatic carbocycles. The second-order valence-electron chi connectivity index (χ2n) is 4.45. The number of nitrogens with zero attached hydrogens (tertiary/aromatic N) is 3. The van der Waals surface area contributed by atoms with Crippen molar-refractivity contribution in [1.29, 1.82) is 0 Å². The molecule has 0 N–H and O–H groups in total. The van der Waals surface area contributed by atoms with Crippen molar-refractivity contribution in [3.63, 3.8) is 0 Å². The van der Waals surface area contributed by atoms with E-state index in [9.17, 15) is 4.79 Å². The van der Waals surface area contributed by atoms with Crippen molar-refractivity contribution < 1.29 is 4.79 Å². The van der Waals surface area contributed by atoms with E-state index in [4.69, 9.17) is 0 Å². The molecule has 3 rings (SSSR count). The van der Waals surface area contributed by atoms with Crippen molar-refractivity contribution in [1.82, 2.24) is 15.0 Å². The minimum atomic E-state index is -0.423. The molecular formula is C15H13N3O. The summed E-state index contributed by atoms with van der Waals surface area (Å²) in [5, 5.41) is 8.25. The van der Waals surface area contributed by atoms with Crippen LogP contribution in [0.15, 0.2) is 54.6 Å². The third kappa shape index (κ3) is 2.01. The average Bonchev–Trinajstić information content (AvgIpc) is 2.84. The number of aromatic nitrogens is 3. The van der Waals surface area contributed by atoms with Crippen LogP contribution in [0.3, 0.4) is 0 Å². The van der Waals surface area contributed by atoms with Crippen LogP contribution in [0, 0.1) is 0 Å². The summed E-state index contributed by atoms with van der Waals surface area (Å²) in [5.41, 5.74) is 2.59. The molecule has 0 saturated heterocycles. The SMILES string of the molecule is CC(=O)C(c1ccccc1)n1nnc2ccccc21. The summed E-state index contributed by atoms with van der Waals surface area (Å²) in [6.07, 6.45) is 0. The second-order valence-corrected chi connectivity index (χ2v) is 4.45. The first kappa shape index (κ1) is 11.6. The van der Waals surface area contributed by atoms with Gasteiger partial charge in [-0.2, -0.15) is 0 Å². The van der Waals surface area contributed by atoms with Gasteiger partial charge in [-0.1, -0.05) is 47.7 Å². The van der Waals surface area contributed by atoms with E-state index >= 15 is 0 Å². The lowest BCUT2D eigenvalue weighted by Gasteiger charge is -2.15. The van der Waals surface area contributed by atoms with E-state index in [-0.39, 0.29) is 5.78 Å². The van der Waals surface area contributed by atoms with Gasteiger partial charge < -0.3 is 0 Å². The van der Waals surface area contributed by atoms with Crippen molar-refractivity contribution in [2.75, 3.05) is 0 Å². The number of carbonyl (C=O) groups excluding carboxylic acids is 1. The average molecular weight is 251 g/mol. The molecule has 0 bridgehead atoms. The van der Waals surface area contributed by atoms with Crippen LogP contribution in [-0.2, 0) is 4.79 Å². The Balaban J connectivity index is 2.18. The molecule has 0 fully saturated rings. The van der Waals surface area contributed by atoms with Gasteiger partial charge in [0.15, 0.2) is 5.78 Å². The fraction of sp³-hybridized carbons (Fsp3) is 0.133. The van der Waals surface area contributed by atoms with Crippen molar-refractivity contribution in [2.24, 2.45) is 0 Å². The molecule has 1 aromatic heterocycles. The highest BCUT2D eigenvalue weighted by molar-refractivity contribution is 5.85. The highest BCUT2D eigenvalue weighted by Gasteiger charge is 2.21. The fourth-order valence-electron chi connectivity index (χ4n) is 2.26. The van der Waals surface area contributed by atoms with Crippen LogP contribution in [0.2, 0.25) is 0 Å². The number of rotatable bonds is 3. The highest BCUT2D eigenvalue weighted by Crippen LogP contribution is 2.22. The highest BCUT2D eigenvalue weighted by atomic mass is 16.1. The smallest absolute Gasteiger partial charge is 0.158 e. The zero-order valence-corrected chi connectivity index (χ0v) is 10.5. The zero-order chi connectivity index (χ0) is 13.2. The second kappa shape index (κ2) is 4.65. The Morgan fingerprint density at radius 2 is 1.74 bits per heavy atom. The van der Waals surface area contributed by atoms with Gasteiger partial charge in [0.2, 0.25) is 0 Å². The van der Waals surface area contributed by atoms with Gasteiger partial charge in [-0.3, -0.25) is 4.79 Å². The van der Waals surface area contributed by atoms with Gasteiger partial charge >= 0.3 is 0 Å². The molecule has 1 unspecified atom stereocenters. The molecule has 4 nitrogen and oxygen atoms in total. The van der Waals surface area contributed by atoms with Crippen LogP contribution in [0.5, 0.6) is 0 Å². The van der Waals surface area contributed by atoms with Crippen molar-refractivity contribution >= 4 is 16.8 Å². The zero-order valence-electron chi connectivity index (χ0n) is 10.5. The minimum absolute atomic E-state index is 0.0434. The molecule has 0 aliphatic rings. The maximum atomic E-state index is 12.0. The lowest BCUT2D eigenvalue weighted by Crippen LogP contribution is -2.19. The number of hydrogen-bond donors (Lipinski definition) is 0. The fourth-order valence-corrected chi connectivity index (χ4v) is 2.26. The first-order chi connectivity index (χ1) is 9.27. The van der Waals surface area contributed by atoms with E-state index in [0.29, 0.717) is 0 Å². The summed E-state index contributed by atoms with van der Waals surface area (Å²) < 4.78 is 1.69. The van der Waals surface area contributed by atoms with Gasteiger partial charge in [-0.15, -0.1) is 5.10 Å². The predicted molar refractivity (Wildman–Crippen MR) is 72.8 cm³/mol. The van der Waals surface area contributed by atoms with Crippen LogP contribution < -0.4 is 0 Å². The van der Waals surface area contributed by atoms with E-state index in [2.05, 4.69) is 10.3 Å². The maximum Gasteiger partial charge on any atom is 0.158 e. The Labute approximate surface area is 110 Å². The summed E-state index contributed by atoms with van der Waals surface area (Å²) in [4.78, 5) is 12.0. The van der Waals surface area contributed by atoms with E-state index in [1.54, 1.807) is 11.6 Å². The number of ketones is 1. The van der Waals surface area contributed by atoms with Crippen molar-refractivity contribution in [2.45, 2.75) is 13.0 Å². The topological polar surface area (TPSA) is 47.8 Å². The van der Waals surface area contributed by atoms with Crippen LogP contribution in [0.1, 0.15) is 18.5 Å². The monoisotopic (exact) mass is 251 g/mol. The Kier molecular flexibility index (Phi) is 2.83. The Bertz CT molecular complexity index is 718. The van der Waals surface area contributed by atoms with Crippen LogP contribution in [-0.4, -0.2) is 20.8 Å². The quantitative estimate of drug-likeness (QED) is 0.719. The molecule has 0 saturated carbocycles. The van der Waals surface area contributed by atoms with Gasteiger partial charge in [0.25, 0.3) is 0 Å². The molecular weight excluding hydrogens is 238 g/mol. The van der Waals surface area contributed by atoms with E-state index in [1.807, 2.05) is 54.6 Å². The molecule has 3 aromatic rings. The predicted octanol–water partition coefficient (Wildman–Crippen LogP) is 2.61. The summed E-state index contributed by atoms with van der Waals surface area (Å²) in [5.74, 6) is 0.0434. The summed E-state index contributed by atoms with van der Waals surface area (Å²) >= 11 is 0. The van der Waals surface area contributed by atoms with Crippen LogP contribution >= 0.6 is 0 Å². The van der Waals surface area contributed by atoms with Gasteiger partial charge in [-0.05, 0) is 24.6 Å². The standard InChI is InChI=1S/C15H13N3O/c1-11(19)15(12-7-3-2-4-8-12)18-14-10-6-5-9-13(14)16-17-18/h2-10,15H,1H3. The van der Waals surface area contributed by atoms with Gasteiger partial charge in [0.05, 0.1) is 5.52 Å². The van der Waals surface area contributed by atoms with Crippen LogP contribution in [0.25, 0.3) is 11.0 Å². The number of para-hydroxylation sites is 1. The third-order valence-electron chi connectivity index (χ3n) is 3.12. The first-order valence-corrected chi connectivity index (χ1v) is 6.12. The number of fused-ring (bicyclic) bond motifs is 1. The minimum Gasteiger partial charge on any atom is -0.297 e. The normalized spacial score (nSPS) is 12.5. The lowest BCUT2D eigenvalue weighted by molar-refractivity contribution is -0.119. The molecule has 1 atom stereocenters. The summed E-state index contributed by atoms with van der Waals surface area (Å²) in [6.45, 7) is 1.58. The lowest BCUT2D eigenvalue weighted by atomic mass is 10.0. The molecule has 0 aliphatic carbocycles. The third-order valence-corrected chi connectivity index (χ3v) is 3.12. The summed E-state index contributed by atoms with van der Waals surface area (Å²) in [6, 6.07) is 16.9. The van der Waals surface area contributed by atoms with Crippen molar-refractivity contribution in [3.8, 4) is 0 Å². The Morgan fingerprint density at radius 1 is 1.05 bits per heavy atom. The summed E-state index contributed by atoms with van der Waals surface area (Å²) in [7, 11) is 0. The molecule has 4 heteroatoms. The van der Waals surface area contributed by atoms with Crippen LogP contribution in [0.4, 0.5) is 0 Å². The number of hydrogen-bond acceptors (Lipinski definition) is 3. The van der Waals surface area contributed by atoms with Gasteiger partial charge in [0.1, 0.15) is 11.6 Å². The molecule has 1 heterocycles. The largest absolute Gasteiger partial charge is 0.297 e. The molecule has 0 amide bonds. The number of benzene rings is 2. The Morgan fingerprint density at radius 3 is 2.47 bits per heavy atom. The molecule has 0 radical (unpaired) electrons. The molecule has 94 valence electrons. The van der Waals surface area contributed by atoms with E-state index < -0.39 is 6.04 Å². The first-order valence-electron chi connectivity index (χ1n) is 6.12. The van der Waals surface area contributed by atoms with E-state index in [0.717, 1.165) is 16.6 Å². The Hall–Kier alpha value is -2.49. The maximum absolute atomic E-state index is 12.0. The number of Topliss-reactive ketones (excluding diaryl/α,β-unsaturated/α-hetero) is 1. The number of carbonyl (C=O) groups is 1. The van der Waals surface area contributed by atoms with Gasteiger partial charge in [0, 0.05) is 0 Å².